The lowest BCUT2D eigenvalue weighted by atomic mass is 9.97. The van der Waals surface area contributed by atoms with Gasteiger partial charge in [-0.3, -0.25) is 10.1 Å². The first-order chi connectivity index (χ1) is 9.96. The van der Waals surface area contributed by atoms with Crippen LogP contribution in [-0.2, 0) is 11.3 Å². The first-order valence-corrected chi connectivity index (χ1v) is 6.80. The number of urea groups is 1. The van der Waals surface area contributed by atoms with Crippen molar-refractivity contribution in [2.45, 2.75) is 32.4 Å². The highest BCUT2D eigenvalue weighted by Gasteiger charge is 2.47. The van der Waals surface area contributed by atoms with E-state index in [-0.39, 0.29) is 11.9 Å². The van der Waals surface area contributed by atoms with Gasteiger partial charge in [-0.1, -0.05) is 13.0 Å². The molecule has 0 aliphatic carbocycles. The molecule has 0 aromatic heterocycles. The molecular weight excluding hydrogens is 272 g/mol. The highest BCUT2D eigenvalue weighted by atomic mass is 16.5. The van der Waals surface area contributed by atoms with Crippen LogP contribution in [0.25, 0.3) is 0 Å². The van der Waals surface area contributed by atoms with E-state index in [1.165, 1.54) is 0 Å². The smallest absolute Gasteiger partial charge is 0.325 e. The van der Waals surface area contributed by atoms with E-state index in [1.54, 1.807) is 32.1 Å². The first kappa shape index (κ1) is 15.2. The van der Waals surface area contributed by atoms with Gasteiger partial charge in [0.25, 0.3) is 5.91 Å². The van der Waals surface area contributed by atoms with Crippen LogP contribution in [0.3, 0.4) is 0 Å². The highest BCUT2D eigenvalue weighted by Crippen LogP contribution is 2.31. The Morgan fingerprint density at radius 2 is 1.86 bits per heavy atom. The van der Waals surface area contributed by atoms with Gasteiger partial charge in [-0.15, -0.1) is 0 Å². The molecule has 0 radical (unpaired) electrons. The average Bonchev–Trinajstić information content (AvgIpc) is 2.71. The maximum atomic E-state index is 12.0. The average molecular weight is 292 g/mol. The summed E-state index contributed by atoms with van der Waals surface area (Å²) >= 11 is 0. The van der Waals surface area contributed by atoms with Crippen molar-refractivity contribution < 1.29 is 19.1 Å². The zero-order valence-electron chi connectivity index (χ0n) is 12.7. The van der Waals surface area contributed by atoms with Gasteiger partial charge in [-0.05, 0) is 31.0 Å². The van der Waals surface area contributed by atoms with Crippen LogP contribution >= 0.6 is 0 Å². The van der Waals surface area contributed by atoms with E-state index in [4.69, 9.17) is 9.47 Å². The van der Waals surface area contributed by atoms with Crippen molar-refractivity contribution in [2.75, 3.05) is 14.2 Å². The summed E-state index contributed by atoms with van der Waals surface area (Å²) in [5.41, 5.74) is 0.0572. The summed E-state index contributed by atoms with van der Waals surface area (Å²) in [5.74, 6) is 0.969. The minimum Gasteiger partial charge on any atom is -0.493 e. The van der Waals surface area contributed by atoms with Crippen molar-refractivity contribution in [2.24, 2.45) is 0 Å². The zero-order valence-corrected chi connectivity index (χ0v) is 12.7. The molecule has 1 aromatic carbocycles. The van der Waals surface area contributed by atoms with Gasteiger partial charge in [0.15, 0.2) is 11.5 Å². The number of nitrogens with zero attached hydrogens (tertiary/aromatic N) is 1. The molecule has 1 N–H and O–H groups in total. The van der Waals surface area contributed by atoms with E-state index < -0.39 is 5.54 Å². The lowest BCUT2D eigenvalue weighted by Crippen LogP contribution is -2.45. The molecule has 2 rings (SSSR count). The SMILES string of the molecule is CCC1(C)C(=O)NC(=O)N1Cc1ccc(OC)c(OC)c1. The molecule has 1 unspecified atom stereocenters. The molecule has 21 heavy (non-hydrogen) atoms. The molecule has 114 valence electrons. The van der Waals surface area contributed by atoms with Crippen molar-refractivity contribution in [3.63, 3.8) is 0 Å². The lowest BCUT2D eigenvalue weighted by molar-refractivity contribution is -0.126. The summed E-state index contributed by atoms with van der Waals surface area (Å²) in [4.78, 5) is 25.5. The standard InChI is InChI=1S/C15H20N2O4/c1-5-15(2)13(18)16-14(19)17(15)9-10-6-7-11(20-3)12(8-10)21-4/h6-8H,5,9H2,1-4H3,(H,16,18,19). The third-order valence-corrected chi connectivity index (χ3v) is 4.03. The Kier molecular flexibility index (Phi) is 4.06. The first-order valence-electron chi connectivity index (χ1n) is 6.80. The van der Waals surface area contributed by atoms with Crippen LogP contribution < -0.4 is 14.8 Å². The van der Waals surface area contributed by atoms with Gasteiger partial charge in [-0.25, -0.2) is 4.79 Å². The van der Waals surface area contributed by atoms with Crippen LogP contribution in [0, 0.1) is 0 Å². The Bertz CT molecular complexity index is 573. The largest absolute Gasteiger partial charge is 0.493 e. The highest BCUT2D eigenvalue weighted by molar-refractivity contribution is 6.06. The van der Waals surface area contributed by atoms with Crippen LogP contribution in [0.4, 0.5) is 4.79 Å². The molecule has 1 aromatic rings. The lowest BCUT2D eigenvalue weighted by Gasteiger charge is -2.30. The summed E-state index contributed by atoms with van der Waals surface area (Å²) in [5, 5.41) is 2.37. The molecule has 0 saturated carbocycles. The van der Waals surface area contributed by atoms with E-state index in [0.717, 1.165) is 5.56 Å². The molecule has 0 spiro atoms. The van der Waals surface area contributed by atoms with E-state index in [1.807, 2.05) is 19.1 Å². The third-order valence-electron chi connectivity index (χ3n) is 4.03. The van der Waals surface area contributed by atoms with Crippen molar-refractivity contribution >= 4 is 11.9 Å². The van der Waals surface area contributed by atoms with Crippen LogP contribution in [0.1, 0.15) is 25.8 Å². The number of benzene rings is 1. The van der Waals surface area contributed by atoms with Gasteiger partial charge in [0, 0.05) is 6.54 Å². The van der Waals surface area contributed by atoms with Gasteiger partial charge in [-0.2, -0.15) is 0 Å². The van der Waals surface area contributed by atoms with Crippen LogP contribution in [0.5, 0.6) is 11.5 Å². The number of amides is 3. The predicted octanol–water partition coefficient (Wildman–Crippen LogP) is 1.92. The quantitative estimate of drug-likeness (QED) is 0.842. The fraction of sp³-hybridized carbons (Fsp3) is 0.467. The molecule has 1 aliphatic heterocycles. The number of rotatable bonds is 5. The number of carbonyl (C=O) groups is 2. The van der Waals surface area contributed by atoms with E-state index in [2.05, 4.69) is 5.32 Å². The minimum atomic E-state index is -0.815. The predicted molar refractivity (Wildman–Crippen MR) is 77.3 cm³/mol. The fourth-order valence-electron chi connectivity index (χ4n) is 2.41. The van der Waals surface area contributed by atoms with Crippen molar-refractivity contribution in [1.29, 1.82) is 0 Å². The minimum absolute atomic E-state index is 0.254. The summed E-state index contributed by atoms with van der Waals surface area (Å²) in [6.07, 6.45) is 0.553. The molecular formula is C15H20N2O4. The number of methoxy groups -OCH3 is 2. The zero-order chi connectivity index (χ0) is 15.6. The fourth-order valence-corrected chi connectivity index (χ4v) is 2.41. The third kappa shape index (κ3) is 2.53. The maximum absolute atomic E-state index is 12.0. The molecule has 1 saturated heterocycles. The molecule has 1 fully saturated rings. The number of hydrogen-bond donors (Lipinski definition) is 1. The number of ether oxygens (including phenoxy) is 2. The second kappa shape index (κ2) is 5.63. The van der Waals surface area contributed by atoms with Crippen LogP contribution in [-0.4, -0.2) is 36.6 Å². The monoisotopic (exact) mass is 292 g/mol. The Labute approximate surface area is 124 Å². The van der Waals surface area contributed by atoms with Gasteiger partial charge in [0.2, 0.25) is 0 Å². The molecule has 1 heterocycles. The molecule has 1 aliphatic rings. The van der Waals surface area contributed by atoms with Gasteiger partial charge >= 0.3 is 6.03 Å². The summed E-state index contributed by atoms with van der Waals surface area (Å²) < 4.78 is 10.4. The topological polar surface area (TPSA) is 67.9 Å². The number of imide groups is 1. The van der Waals surface area contributed by atoms with Gasteiger partial charge < -0.3 is 14.4 Å². The van der Waals surface area contributed by atoms with Crippen molar-refractivity contribution in [3.05, 3.63) is 23.8 Å². The number of hydrogen-bond acceptors (Lipinski definition) is 4. The van der Waals surface area contributed by atoms with Crippen molar-refractivity contribution in [3.8, 4) is 11.5 Å². The van der Waals surface area contributed by atoms with Crippen molar-refractivity contribution in [1.82, 2.24) is 10.2 Å². The molecule has 1 atom stereocenters. The normalized spacial score (nSPS) is 21.4. The maximum Gasteiger partial charge on any atom is 0.325 e. The van der Waals surface area contributed by atoms with Gasteiger partial charge in [0.05, 0.1) is 14.2 Å². The van der Waals surface area contributed by atoms with E-state index >= 15 is 0 Å². The molecule has 6 nitrogen and oxygen atoms in total. The van der Waals surface area contributed by atoms with Gasteiger partial charge in [0.1, 0.15) is 5.54 Å². The van der Waals surface area contributed by atoms with Crippen LogP contribution in [0.2, 0.25) is 0 Å². The Morgan fingerprint density at radius 1 is 1.19 bits per heavy atom. The number of nitrogens with one attached hydrogen (secondary N) is 1. The van der Waals surface area contributed by atoms with E-state index in [9.17, 15) is 9.59 Å². The second-order valence-electron chi connectivity index (χ2n) is 5.16. The molecule has 0 bridgehead atoms. The molecule has 3 amide bonds. The Balaban J connectivity index is 2.29. The second-order valence-corrected chi connectivity index (χ2v) is 5.16. The number of carbonyl (C=O) groups excluding carboxylic acids is 2. The Hall–Kier alpha value is -2.24. The summed E-state index contributed by atoms with van der Waals surface area (Å²) in [6, 6.07) is 5.09. The Morgan fingerprint density at radius 3 is 2.43 bits per heavy atom. The summed E-state index contributed by atoms with van der Waals surface area (Å²) in [6.45, 7) is 4.00. The van der Waals surface area contributed by atoms with Crippen LogP contribution in [0.15, 0.2) is 18.2 Å². The molecule has 6 heteroatoms. The summed E-state index contributed by atoms with van der Waals surface area (Å²) in [7, 11) is 3.13. The van der Waals surface area contributed by atoms with E-state index in [0.29, 0.717) is 24.5 Å².